The Morgan fingerprint density at radius 2 is 2.42 bits per heavy atom. The first-order valence-electron chi connectivity index (χ1n) is 4.85. The van der Waals surface area contributed by atoms with E-state index in [0.29, 0.717) is 12.6 Å². The molecule has 0 bridgehead atoms. The van der Waals surface area contributed by atoms with Crippen LogP contribution in [-0.2, 0) is 4.74 Å². The van der Waals surface area contributed by atoms with E-state index < -0.39 is 0 Å². The molecule has 0 aliphatic carbocycles. The van der Waals surface area contributed by atoms with Crippen molar-refractivity contribution >= 4 is 0 Å². The molecule has 1 rings (SSSR count). The van der Waals surface area contributed by atoms with Crippen LogP contribution >= 0.6 is 0 Å². The Labute approximate surface area is 75.0 Å². The van der Waals surface area contributed by atoms with Crippen molar-refractivity contribution in [3.8, 4) is 0 Å². The Balaban J connectivity index is 1.94. The number of hydrogen-bond acceptors (Lipinski definition) is 2. The molecule has 12 heavy (non-hydrogen) atoms. The molecule has 1 N–H and O–H groups in total. The van der Waals surface area contributed by atoms with E-state index in [1.165, 1.54) is 25.8 Å². The minimum atomic E-state index is 0.687. The van der Waals surface area contributed by atoms with Crippen LogP contribution < -0.4 is 5.32 Å². The molecular weight excluding hydrogens is 150 g/mol. The number of rotatable bonds is 5. The molecule has 0 unspecified atom stereocenters. The van der Waals surface area contributed by atoms with Crippen LogP contribution in [-0.4, -0.2) is 25.8 Å². The van der Waals surface area contributed by atoms with Gasteiger partial charge in [0.25, 0.3) is 0 Å². The van der Waals surface area contributed by atoms with Gasteiger partial charge in [0.2, 0.25) is 0 Å². The van der Waals surface area contributed by atoms with Crippen molar-refractivity contribution < 1.29 is 4.74 Å². The van der Waals surface area contributed by atoms with Crippen molar-refractivity contribution in [2.45, 2.75) is 31.7 Å². The van der Waals surface area contributed by atoms with Crippen molar-refractivity contribution in [2.24, 2.45) is 0 Å². The molecule has 70 valence electrons. The van der Waals surface area contributed by atoms with Crippen LogP contribution in [0, 0.1) is 0 Å². The smallest absolute Gasteiger partial charge is 0.0644 e. The van der Waals surface area contributed by atoms with E-state index in [9.17, 15) is 0 Å². The van der Waals surface area contributed by atoms with Crippen molar-refractivity contribution in [3.63, 3.8) is 0 Å². The highest BCUT2D eigenvalue weighted by Crippen LogP contribution is 2.09. The van der Waals surface area contributed by atoms with Gasteiger partial charge in [0.05, 0.1) is 6.61 Å². The van der Waals surface area contributed by atoms with Gasteiger partial charge >= 0.3 is 0 Å². The van der Waals surface area contributed by atoms with E-state index in [2.05, 4.69) is 11.9 Å². The van der Waals surface area contributed by atoms with Crippen LogP contribution in [0.1, 0.15) is 25.7 Å². The summed E-state index contributed by atoms with van der Waals surface area (Å²) >= 11 is 0. The highest BCUT2D eigenvalue weighted by molar-refractivity contribution is 4.72. The van der Waals surface area contributed by atoms with Crippen LogP contribution in [0.4, 0.5) is 0 Å². The maximum absolute atomic E-state index is 5.33. The second-order valence-corrected chi connectivity index (χ2v) is 3.30. The molecule has 0 amide bonds. The minimum Gasteiger partial charge on any atom is -0.377 e. The summed E-state index contributed by atoms with van der Waals surface area (Å²) < 4.78 is 5.33. The summed E-state index contributed by atoms with van der Waals surface area (Å²) in [6.07, 6.45) is 6.97. The van der Waals surface area contributed by atoms with Crippen molar-refractivity contribution in [3.05, 3.63) is 12.7 Å². The molecule has 1 aliphatic rings. The van der Waals surface area contributed by atoms with Gasteiger partial charge in [0.1, 0.15) is 0 Å². The Morgan fingerprint density at radius 1 is 1.50 bits per heavy atom. The van der Waals surface area contributed by atoms with Gasteiger partial charge in [-0.1, -0.05) is 12.5 Å². The van der Waals surface area contributed by atoms with Gasteiger partial charge in [-0.3, -0.25) is 0 Å². The lowest BCUT2D eigenvalue weighted by atomic mass is 10.0. The molecule has 1 atom stereocenters. The molecule has 0 aromatic carbocycles. The van der Waals surface area contributed by atoms with Gasteiger partial charge in [-0.2, -0.15) is 0 Å². The van der Waals surface area contributed by atoms with E-state index in [1.54, 1.807) is 6.08 Å². The molecule has 0 spiro atoms. The predicted molar refractivity (Wildman–Crippen MR) is 51.3 cm³/mol. The largest absolute Gasteiger partial charge is 0.377 e. The minimum absolute atomic E-state index is 0.687. The summed E-state index contributed by atoms with van der Waals surface area (Å²) in [4.78, 5) is 0. The normalized spacial score (nSPS) is 23.8. The highest BCUT2D eigenvalue weighted by atomic mass is 16.5. The molecule has 1 fully saturated rings. The third-order valence-electron chi connectivity index (χ3n) is 2.26. The second kappa shape index (κ2) is 6.21. The topological polar surface area (TPSA) is 21.3 Å². The number of piperidine rings is 1. The summed E-state index contributed by atoms with van der Waals surface area (Å²) in [5.74, 6) is 0. The molecular formula is C10H19NO. The monoisotopic (exact) mass is 169 g/mol. The first-order valence-corrected chi connectivity index (χ1v) is 4.85. The van der Waals surface area contributed by atoms with Gasteiger partial charge in [0.15, 0.2) is 0 Å². The van der Waals surface area contributed by atoms with E-state index in [0.717, 1.165) is 13.0 Å². The zero-order valence-electron chi connectivity index (χ0n) is 7.72. The lowest BCUT2D eigenvalue weighted by Crippen LogP contribution is -2.34. The summed E-state index contributed by atoms with van der Waals surface area (Å²) in [6.45, 7) is 6.34. The summed E-state index contributed by atoms with van der Waals surface area (Å²) in [7, 11) is 0. The molecule has 1 aliphatic heterocycles. The second-order valence-electron chi connectivity index (χ2n) is 3.30. The zero-order chi connectivity index (χ0) is 8.65. The van der Waals surface area contributed by atoms with Gasteiger partial charge in [-0.05, 0) is 25.8 Å². The predicted octanol–water partition coefficient (Wildman–Crippen LogP) is 1.72. The Bertz CT molecular complexity index is 119. The first kappa shape index (κ1) is 9.75. The summed E-state index contributed by atoms with van der Waals surface area (Å²) in [6, 6.07) is 0.698. The molecule has 0 aromatic heterocycles. The molecule has 2 nitrogen and oxygen atoms in total. The van der Waals surface area contributed by atoms with Gasteiger partial charge in [-0.25, -0.2) is 0 Å². The van der Waals surface area contributed by atoms with Crippen LogP contribution in [0.3, 0.4) is 0 Å². The lowest BCUT2D eigenvalue weighted by molar-refractivity contribution is 0.146. The standard InChI is InChI=1S/C10H19NO/c1-2-8-12-9-6-10-5-3-4-7-11-10/h2,10-11H,1,3-9H2/t10-/m1/s1. The Hall–Kier alpha value is -0.340. The third-order valence-corrected chi connectivity index (χ3v) is 2.26. The fourth-order valence-electron chi connectivity index (χ4n) is 1.56. The molecule has 1 saturated heterocycles. The fourth-order valence-corrected chi connectivity index (χ4v) is 1.56. The van der Waals surface area contributed by atoms with E-state index >= 15 is 0 Å². The molecule has 0 aromatic rings. The quantitative estimate of drug-likeness (QED) is 0.500. The Kier molecular flexibility index (Phi) is 5.04. The average molecular weight is 169 g/mol. The van der Waals surface area contributed by atoms with Crippen LogP contribution in [0.25, 0.3) is 0 Å². The lowest BCUT2D eigenvalue weighted by Gasteiger charge is -2.22. The van der Waals surface area contributed by atoms with Gasteiger partial charge in [-0.15, -0.1) is 6.58 Å². The number of ether oxygens (including phenoxy) is 1. The first-order chi connectivity index (χ1) is 5.93. The SMILES string of the molecule is C=CCOCC[C@H]1CCCCN1. The molecule has 2 heteroatoms. The van der Waals surface area contributed by atoms with Crippen molar-refractivity contribution in [1.82, 2.24) is 5.32 Å². The number of hydrogen-bond donors (Lipinski definition) is 1. The fraction of sp³-hybridized carbons (Fsp3) is 0.800. The van der Waals surface area contributed by atoms with Gasteiger partial charge in [0, 0.05) is 12.6 Å². The maximum Gasteiger partial charge on any atom is 0.0644 e. The molecule has 0 saturated carbocycles. The van der Waals surface area contributed by atoms with E-state index in [1.807, 2.05) is 0 Å². The summed E-state index contributed by atoms with van der Waals surface area (Å²) in [5, 5.41) is 3.49. The van der Waals surface area contributed by atoms with Crippen LogP contribution in [0.2, 0.25) is 0 Å². The third kappa shape index (κ3) is 3.88. The van der Waals surface area contributed by atoms with Crippen molar-refractivity contribution in [2.75, 3.05) is 19.8 Å². The van der Waals surface area contributed by atoms with Gasteiger partial charge < -0.3 is 10.1 Å². The number of nitrogens with one attached hydrogen (secondary N) is 1. The maximum atomic E-state index is 5.33. The summed E-state index contributed by atoms with van der Waals surface area (Å²) in [5.41, 5.74) is 0. The zero-order valence-corrected chi connectivity index (χ0v) is 7.72. The van der Waals surface area contributed by atoms with E-state index in [4.69, 9.17) is 4.74 Å². The molecule has 1 heterocycles. The molecule has 0 radical (unpaired) electrons. The van der Waals surface area contributed by atoms with Crippen molar-refractivity contribution in [1.29, 1.82) is 0 Å². The Morgan fingerprint density at radius 3 is 3.08 bits per heavy atom. The van der Waals surface area contributed by atoms with Crippen LogP contribution in [0.15, 0.2) is 12.7 Å². The van der Waals surface area contributed by atoms with Crippen LogP contribution in [0.5, 0.6) is 0 Å². The highest BCUT2D eigenvalue weighted by Gasteiger charge is 2.11. The van der Waals surface area contributed by atoms with E-state index in [-0.39, 0.29) is 0 Å². The average Bonchev–Trinajstić information content (AvgIpc) is 2.14.